The fourth-order valence-electron chi connectivity index (χ4n) is 2.16. The Morgan fingerprint density at radius 2 is 2.45 bits per heavy atom. The first-order valence-electron chi connectivity index (χ1n) is 6.87. The molecule has 1 aromatic rings. The van der Waals surface area contributed by atoms with Crippen LogP contribution < -0.4 is 15.4 Å². The highest BCUT2D eigenvalue weighted by Crippen LogP contribution is 2.25. The average molecular weight is 294 g/mol. The molecule has 0 aromatic carbocycles. The van der Waals surface area contributed by atoms with Gasteiger partial charge in [-0.3, -0.25) is 4.99 Å². The van der Waals surface area contributed by atoms with E-state index < -0.39 is 0 Å². The van der Waals surface area contributed by atoms with Crippen molar-refractivity contribution in [3.63, 3.8) is 0 Å². The van der Waals surface area contributed by atoms with Crippen LogP contribution in [0.4, 0.5) is 0 Å². The van der Waals surface area contributed by atoms with Crippen molar-refractivity contribution in [1.82, 2.24) is 15.6 Å². The van der Waals surface area contributed by atoms with Crippen molar-refractivity contribution in [2.45, 2.75) is 24.6 Å². The zero-order chi connectivity index (χ0) is 14.2. The smallest absolute Gasteiger partial charge is 0.218 e. The Balaban J connectivity index is 1.81. The average Bonchev–Trinajstić information content (AvgIpc) is 3.01. The number of guanidine groups is 1. The fourth-order valence-corrected chi connectivity index (χ4v) is 3.36. The number of nitrogens with one attached hydrogen (secondary N) is 2. The maximum absolute atomic E-state index is 5.24. The molecular weight excluding hydrogens is 272 g/mol. The predicted molar refractivity (Wildman–Crippen MR) is 84.5 cm³/mol. The lowest BCUT2D eigenvalue weighted by atomic mass is 10.2. The highest BCUT2D eigenvalue weighted by atomic mass is 32.2. The minimum atomic E-state index is 0.647. The summed E-state index contributed by atoms with van der Waals surface area (Å²) in [6, 6.07) is 3.91. The van der Waals surface area contributed by atoms with Gasteiger partial charge in [-0.2, -0.15) is 11.8 Å². The Hall–Kier alpha value is -1.43. The molecule has 2 N–H and O–H groups in total. The van der Waals surface area contributed by atoms with Crippen LogP contribution in [0, 0.1) is 0 Å². The van der Waals surface area contributed by atoms with E-state index in [0.29, 0.717) is 17.7 Å². The SMILES string of the molecule is CN=C(NCc1cccnc1OC)NCC1CCCS1. The van der Waals surface area contributed by atoms with Gasteiger partial charge in [0.1, 0.15) is 0 Å². The van der Waals surface area contributed by atoms with Crippen LogP contribution in [0.2, 0.25) is 0 Å². The lowest BCUT2D eigenvalue weighted by Crippen LogP contribution is -2.39. The van der Waals surface area contributed by atoms with Gasteiger partial charge in [-0.25, -0.2) is 4.98 Å². The van der Waals surface area contributed by atoms with Crippen LogP contribution in [-0.2, 0) is 6.54 Å². The number of pyridine rings is 1. The number of aliphatic imine (C=N–C) groups is 1. The first-order valence-corrected chi connectivity index (χ1v) is 7.92. The van der Waals surface area contributed by atoms with Gasteiger partial charge < -0.3 is 15.4 Å². The van der Waals surface area contributed by atoms with Gasteiger partial charge in [-0.15, -0.1) is 0 Å². The second kappa shape index (κ2) is 7.99. The number of hydrogen-bond donors (Lipinski definition) is 2. The molecule has 110 valence electrons. The van der Waals surface area contributed by atoms with E-state index in [9.17, 15) is 0 Å². The van der Waals surface area contributed by atoms with Gasteiger partial charge in [0.05, 0.1) is 7.11 Å². The normalized spacial score (nSPS) is 18.9. The number of ether oxygens (including phenoxy) is 1. The maximum atomic E-state index is 5.24. The summed E-state index contributed by atoms with van der Waals surface area (Å²) in [7, 11) is 3.42. The van der Waals surface area contributed by atoms with E-state index in [4.69, 9.17) is 4.74 Å². The third-order valence-electron chi connectivity index (χ3n) is 3.23. The number of nitrogens with zero attached hydrogens (tertiary/aromatic N) is 2. The standard InChI is InChI=1S/C14H22N4OS/c1-15-14(18-10-12-6-4-8-20-12)17-9-11-5-3-7-16-13(11)19-2/h3,5,7,12H,4,6,8-10H2,1-2H3,(H2,15,17,18). The van der Waals surface area contributed by atoms with Gasteiger partial charge in [0, 0.05) is 37.1 Å². The Morgan fingerprint density at radius 3 is 3.15 bits per heavy atom. The van der Waals surface area contributed by atoms with Crippen molar-refractivity contribution in [3.8, 4) is 5.88 Å². The minimum Gasteiger partial charge on any atom is -0.481 e. The Labute approximate surface area is 124 Å². The molecule has 2 rings (SSSR count). The predicted octanol–water partition coefficient (Wildman–Crippen LogP) is 1.65. The number of methoxy groups -OCH3 is 1. The summed E-state index contributed by atoms with van der Waals surface area (Å²) in [4.78, 5) is 8.43. The molecule has 1 aliphatic heterocycles. The van der Waals surface area contributed by atoms with Crippen LogP contribution in [0.5, 0.6) is 5.88 Å². The molecule has 0 aliphatic carbocycles. The van der Waals surface area contributed by atoms with E-state index in [0.717, 1.165) is 18.1 Å². The molecule has 0 amide bonds. The summed E-state index contributed by atoms with van der Waals surface area (Å²) >= 11 is 2.04. The van der Waals surface area contributed by atoms with Crippen molar-refractivity contribution < 1.29 is 4.74 Å². The van der Waals surface area contributed by atoms with Crippen LogP contribution in [0.25, 0.3) is 0 Å². The molecule has 0 bridgehead atoms. The molecule has 1 aliphatic rings. The second-order valence-corrected chi connectivity index (χ2v) is 6.02. The van der Waals surface area contributed by atoms with Crippen molar-refractivity contribution in [2.75, 3.05) is 26.5 Å². The molecule has 1 fully saturated rings. The number of rotatable bonds is 5. The Morgan fingerprint density at radius 1 is 1.55 bits per heavy atom. The third-order valence-corrected chi connectivity index (χ3v) is 4.63. The summed E-state index contributed by atoms with van der Waals surface area (Å²) < 4.78 is 5.24. The largest absolute Gasteiger partial charge is 0.481 e. The number of hydrogen-bond acceptors (Lipinski definition) is 4. The zero-order valence-electron chi connectivity index (χ0n) is 12.1. The van der Waals surface area contributed by atoms with Crippen molar-refractivity contribution in [1.29, 1.82) is 0 Å². The van der Waals surface area contributed by atoms with Crippen molar-refractivity contribution in [2.24, 2.45) is 4.99 Å². The third kappa shape index (κ3) is 4.30. The zero-order valence-corrected chi connectivity index (χ0v) is 12.9. The van der Waals surface area contributed by atoms with Crippen LogP contribution in [-0.4, -0.2) is 42.6 Å². The quantitative estimate of drug-likeness (QED) is 0.639. The summed E-state index contributed by atoms with van der Waals surface area (Å²) in [6.07, 6.45) is 4.35. The summed E-state index contributed by atoms with van der Waals surface area (Å²) in [5.74, 6) is 2.76. The number of aromatic nitrogens is 1. The highest BCUT2D eigenvalue weighted by Gasteiger charge is 2.15. The van der Waals surface area contributed by atoms with E-state index in [1.54, 1.807) is 20.4 Å². The molecule has 1 atom stereocenters. The van der Waals surface area contributed by atoms with Crippen molar-refractivity contribution in [3.05, 3.63) is 23.9 Å². The lowest BCUT2D eigenvalue weighted by Gasteiger charge is -2.15. The topological polar surface area (TPSA) is 58.5 Å². The Kier molecular flexibility index (Phi) is 5.98. The minimum absolute atomic E-state index is 0.647. The fraction of sp³-hybridized carbons (Fsp3) is 0.571. The van der Waals surface area contributed by atoms with Gasteiger partial charge >= 0.3 is 0 Å². The van der Waals surface area contributed by atoms with E-state index >= 15 is 0 Å². The van der Waals surface area contributed by atoms with E-state index in [2.05, 4.69) is 20.6 Å². The summed E-state index contributed by atoms with van der Waals surface area (Å²) in [5.41, 5.74) is 1.02. The molecule has 2 heterocycles. The van der Waals surface area contributed by atoms with E-state index in [-0.39, 0.29) is 0 Å². The van der Waals surface area contributed by atoms with Gasteiger partial charge in [0.2, 0.25) is 5.88 Å². The van der Waals surface area contributed by atoms with Crippen LogP contribution >= 0.6 is 11.8 Å². The Bertz CT molecular complexity index is 447. The molecule has 0 radical (unpaired) electrons. The molecule has 1 saturated heterocycles. The molecule has 20 heavy (non-hydrogen) atoms. The van der Waals surface area contributed by atoms with Crippen LogP contribution in [0.15, 0.2) is 23.3 Å². The van der Waals surface area contributed by atoms with Crippen LogP contribution in [0.3, 0.4) is 0 Å². The summed E-state index contributed by atoms with van der Waals surface area (Å²) in [6.45, 7) is 1.61. The van der Waals surface area contributed by atoms with Gasteiger partial charge in [-0.05, 0) is 24.7 Å². The van der Waals surface area contributed by atoms with E-state index in [1.165, 1.54) is 18.6 Å². The molecule has 1 unspecified atom stereocenters. The van der Waals surface area contributed by atoms with E-state index in [1.807, 2.05) is 23.9 Å². The van der Waals surface area contributed by atoms with Gasteiger partial charge in [0.25, 0.3) is 0 Å². The molecule has 0 saturated carbocycles. The maximum Gasteiger partial charge on any atom is 0.218 e. The first kappa shape index (κ1) is 15.0. The molecule has 1 aromatic heterocycles. The second-order valence-electron chi connectivity index (χ2n) is 4.61. The lowest BCUT2D eigenvalue weighted by molar-refractivity contribution is 0.392. The first-order chi connectivity index (χ1) is 9.83. The molecular formula is C14H22N4OS. The molecule has 5 nitrogen and oxygen atoms in total. The molecule has 0 spiro atoms. The van der Waals surface area contributed by atoms with Gasteiger partial charge in [0.15, 0.2) is 5.96 Å². The van der Waals surface area contributed by atoms with Gasteiger partial charge in [-0.1, -0.05) is 6.07 Å². The van der Waals surface area contributed by atoms with Crippen LogP contribution in [0.1, 0.15) is 18.4 Å². The number of thioether (sulfide) groups is 1. The monoisotopic (exact) mass is 294 g/mol. The van der Waals surface area contributed by atoms with Crippen molar-refractivity contribution >= 4 is 17.7 Å². The molecule has 6 heteroatoms. The summed E-state index contributed by atoms with van der Waals surface area (Å²) in [5, 5.41) is 7.38. The highest BCUT2D eigenvalue weighted by molar-refractivity contribution is 8.00.